The average molecular weight is 515 g/mol. The number of ether oxygens (including phenoxy) is 4. The number of aromatic amines is 1. The van der Waals surface area contributed by atoms with Crippen molar-refractivity contribution in [2.75, 3.05) is 40.3 Å². The Morgan fingerprint density at radius 1 is 0.789 bits per heavy atom. The highest BCUT2D eigenvalue weighted by Crippen LogP contribution is 2.29. The quantitative estimate of drug-likeness (QED) is 0.197. The van der Waals surface area contributed by atoms with Gasteiger partial charge in [0.1, 0.15) is 5.84 Å². The number of rotatable bonds is 11. The molecule has 0 aliphatic rings. The Balaban J connectivity index is 1.54. The van der Waals surface area contributed by atoms with Crippen molar-refractivity contribution < 1.29 is 18.9 Å². The van der Waals surface area contributed by atoms with Crippen molar-refractivity contribution in [2.45, 2.75) is 19.8 Å². The van der Waals surface area contributed by atoms with Crippen LogP contribution in [0.25, 0.3) is 11.3 Å². The normalized spacial score (nSPS) is 11.2. The van der Waals surface area contributed by atoms with E-state index in [1.165, 1.54) is 0 Å². The Labute approximate surface area is 223 Å². The van der Waals surface area contributed by atoms with Gasteiger partial charge in [0.25, 0.3) is 0 Å². The Bertz CT molecular complexity index is 1380. The smallest absolute Gasteiger partial charge is 0.161 e. The van der Waals surface area contributed by atoms with Gasteiger partial charge in [-0.2, -0.15) is 0 Å². The summed E-state index contributed by atoms with van der Waals surface area (Å²) < 4.78 is 21.7. The van der Waals surface area contributed by atoms with Gasteiger partial charge in [-0.05, 0) is 60.9 Å². The maximum atomic E-state index is 5.50. The Morgan fingerprint density at radius 2 is 1.39 bits per heavy atom. The molecule has 0 unspecified atom stereocenters. The second-order valence-electron chi connectivity index (χ2n) is 8.71. The van der Waals surface area contributed by atoms with Gasteiger partial charge in [-0.3, -0.25) is 4.99 Å². The number of aromatic nitrogens is 2. The van der Waals surface area contributed by atoms with Crippen LogP contribution in [0.3, 0.4) is 0 Å². The van der Waals surface area contributed by atoms with E-state index in [2.05, 4.69) is 27.4 Å². The summed E-state index contributed by atoms with van der Waals surface area (Å²) >= 11 is 0. The number of amidine groups is 1. The van der Waals surface area contributed by atoms with E-state index in [9.17, 15) is 0 Å². The van der Waals surface area contributed by atoms with E-state index in [4.69, 9.17) is 23.9 Å². The zero-order valence-corrected chi connectivity index (χ0v) is 22.5. The van der Waals surface area contributed by atoms with Crippen molar-refractivity contribution in [1.82, 2.24) is 9.97 Å². The fourth-order valence-corrected chi connectivity index (χ4v) is 4.21. The van der Waals surface area contributed by atoms with Gasteiger partial charge in [0.2, 0.25) is 0 Å². The molecular formula is C30H34N4O4. The van der Waals surface area contributed by atoms with Crippen molar-refractivity contribution in [2.24, 2.45) is 4.99 Å². The molecule has 1 heterocycles. The van der Waals surface area contributed by atoms with E-state index in [1.54, 1.807) is 34.8 Å². The van der Waals surface area contributed by atoms with E-state index < -0.39 is 0 Å². The molecule has 8 heteroatoms. The van der Waals surface area contributed by atoms with Gasteiger partial charge in [0, 0.05) is 29.9 Å². The number of hydrogen-bond donors (Lipinski definition) is 2. The topological polar surface area (TPSA) is 90.0 Å². The number of benzene rings is 3. The molecule has 1 aromatic heterocycles. The first-order chi connectivity index (χ1) is 18.5. The van der Waals surface area contributed by atoms with Gasteiger partial charge in [-0.1, -0.05) is 24.3 Å². The molecule has 0 spiro atoms. The maximum absolute atomic E-state index is 5.50. The van der Waals surface area contributed by atoms with E-state index in [1.807, 2.05) is 55.5 Å². The molecular weight excluding hydrogens is 480 g/mol. The van der Waals surface area contributed by atoms with E-state index >= 15 is 0 Å². The fourth-order valence-electron chi connectivity index (χ4n) is 4.21. The Hall–Kier alpha value is -4.46. The number of imidazole rings is 1. The highest BCUT2D eigenvalue weighted by atomic mass is 16.5. The third-order valence-electron chi connectivity index (χ3n) is 6.25. The highest BCUT2D eigenvalue weighted by molar-refractivity contribution is 5.97. The summed E-state index contributed by atoms with van der Waals surface area (Å²) in [6, 6.07) is 20.1. The second kappa shape index (κ2) is 12.7. The molecule has 0 bridgehead atoms. The molecule has 3 aromatic carbocycles. The molecule has 4 aromatic rings. The number of methoxy groups -OCH3 is 4. The SMILES string of the molecule is COc1ccc(CCN=C(Cc2ccc(OC)c(OC)c2)Nc2ccc(-c3nc[nH]c3C)cc2)cc1OC. The Morgan fingerprint density at radius 3 is 1.97 bits per heavy atom. The van der Waals surface area contributed by atoms with E-state index in [-0.39, 0.29) is 0 Å². The van der Waals surface area contributed by atoms with Crippen LogP contribution in [0.4, 0.5) is 5.69 Å². The molecule has 8 nitrogen and oxygen atoms in total. The van der Waals surface area contributed by atoms with Crippen LogP contribution in [0.5, 0.6) is 23.0 Å². The lowest BCUT2D eigenvalue weighted by Gasteiger charge is -2.14. The fraction of sp³-hybridized carbons (Fsp3) is 0.267. The second-order valence-corrected chi connectivity index (χ2v) is 8.71. The zero-order chi connectivity index (χ0) is 26.9. The third kappa shape index (κ3) is 6.45. The van der Waals surface area contributed by atoms with Crippen LogP contribution in [0.2, 0.25) is 0 Å². The van der Waals surface area contributed by atoms with Crippen molar-refractivity contribution in [1.29, 1.82) is 0 Å². The first kappa shape index (κ1) is 26.6. The molecule has 0 radical (unpaired) electrons. The van der Waals surface area contributed by atoms with Crippen LogP contribution in [0, 0.1) is 6.92 Å². The summed E-state index contributed by atoms with van der Waals surface area (Å²) in [5.41, 5.74) is 6.18. The minimum Gasteiger partial charge on any atom is -0.493 e. The monoisotopic (exact) mass is 514 g/mol. The summed E-state index contributed by atoms with van der Waals surface area (Å²) in [6.07, 6.45) is 3.07. The van der Waals surface area contributed by atoms with Crippen molar-refractivity contribution in [3.63, 3.8) is 0 Å². The molecule has 0 saturated heterocycles. The zero-order valence-electron chi connectivity index (χ0n) is 22.5. The summed E-state index contributed by atoms with van der Waals surface area (Å²) in [6.45, 7) is 2.62. The number of hydrogen-bond acceptors (Lipinski definition) is 6. The summed E-state index contributed by atoms with van der Waals surface area (Å²) in [4.78, 5) is 12.5. The highest BCUT2D eigenvalue weighted by Gasteiger charge is 2.10. The van der Waals surface area contributed by atoms with Crippen LogP contribution in [0.1, 0.15) is 16.8 Å². The maximum Gasteiger partial charge on any atom is 0.161 e. The van der Waals surface area contributed by atoms with E-state index in [0.29, 0.717) is 36.0 Å². The Kier molecular flexibility index (Phi) is 8.87. The number of anilines is 1. The number of aliphatic imine (C=N–C) groups is 1. The first-order valence-corrected chi connectivity index (χ1v) is 12.4. The number of aryl methyl sites for hydroxylation is 1. The van der Waals surface area contributed by atoms with Crippen molar-refractivity contribution >= 4 is 11.5 Å². The predicted octanol–water partition coefficient (Wildman–Crippen LogP) is 5.72. The van der Waals surface area contributed by atoms with Crippen LogP contribution < -0.4 is 24.3 Å². The predicted molar refractivity (Wildman–Crippen MR) is 151 cm³/mol. The summed E-state index contributed by atoms with van der Waals surface area (Å²) in [5.74, 6) is 3.66. The van der Waals surface area contributed by atoms with Gasteiger partial charge in [0.15, 0.2) is 23.0 Å². The van der Waals surface area contributed by atoms with Crippen molar-refractivity contribution in [3.8, 4) is 34.3 Å². The van der Waals surface area contributed by atoms with Gasteiger partial charge in [-0.25, -0.2) is 4.98 Å². The minimum atomic E-state index is 0.604. The molecule has 198 valence electrons. The van der Waals surface area contributed by atoms with Crippen LogP contribution in [0.15, 0.2) is 72.0 Å². The largest absolute Gasteiger partial charge is 0.493 e. The first-order valence-electron chi connectivity index (χ1n) is 12.4. The van der Waals surface area contributed by atoms with Crippen LogP contribution in [-0.2, 0) is 12.8 Å². The van der Waals surface area contributed by atoms with Crippen molar-refractivity contribution in [3.05, 3.63) is 83.8 Å². The lowest BCUT2D eigenvalue weighted by molar-refractivity contribution is 0.354. The molecule has 4 rings (SSSR count). The lowest BCUT2D eigenvalue weighted by Crippen LogP contribution is -2.16. The molecule has 0 aliphatic heterocycles. The van der Waals surface area contributed by atoms with Crippen LogP contribution >= 0.6 is 0 Å². The lowest BCUT2D eigenvalue weighted by atomic mass is 10.1. The van der Waals surface area contributed by atoms with Gasteiger partial charge >= 0.3 is 0 Å². The summed E-state index contributed by atoms with van der Waals surface area (Å²) in [7, 11) is 6.55. The summed E-state index contributed by atoms with van der Waals surface area (Å²) in [5, 5.41) is 3.51. The van der Waals surface area contributed by atoms with Gasteiger partial charge in [-0.15, -0.1) is 0 Å². The molecule has 2 N–H and O–H groups in total. The number of nitrogens with zero attached hydrogens (tertiary/aromatic N) is 2. The molecule has 0 amide bonds. The molecule has 0 fully saturated rings. The minimum absolute atomic E-state index is 0.604. The number of H-pyrrole nitrogens is 1. The molecule has 0 saturated carbocycles. The molecule has 0 atom stereocenters. The van der Waals surface area contributed by atoms with E-state index in [0.717, 1.165) is 46.0 Å². The van der Waals surface area contributed by atoms with Gasteiger partial charge in [0.05, 0.1) is 40.5 Å². The average Bonchev–Trinajstić information content (AvgIpc) is 3.38. The molecule has 0 aliphatic carbocycles. The number of nitrogens with one attached hydrogen (secondary N) is 2. The third-order valence-corrected chi connectivity index (χ3v) is 6.25. The molecule has 38 heavy (non-hydrogen) atoms. The standard InChI is InChI=1S/C30H34N4O4/c1-20-30(33-19-32-20)23-8-10-24(11-9-23)34-29(18-22-7-13-26(36-3)28(17-22)38-5)31-15-14-21-6-12-25(35-2)27(16-21)37-4/h6-13,16-17,19H,14-15,18H2,1-5H3,(H,31,34)(H,32,33). The van der Waals surface area contributed by atoms with Crippen LogP contribution in [-0.4, -0.2) is 50.8 Å². The van der Waals surface area contributed by atoms with Gasteiger partial charge < -0.3 is 29.2 Å².